The zero-order chi connectivity index (χ0) is 15.9. The average molecular weight is 309 g/mol. The summed E-state index contributed by atoms with van der Waals surface area (Å²) in [5.41, 5.74) is 3.34. The lowest BCUT2D eigenvalue weighted by atomic mass is 9.97. The zero-order valence-corrected chi connectivity index (χ0v) is 13.4. The van der Waals surface area contributed by atoms with Crippen LogP contribution in [0.5, 0.6) is 0 Å². The van der Waals surface area contributed by atoms with Crippen LogP contribution in [0.25, 0.3) is 0 Å². The highest BCUT2D eigenvalue weighted by molar-refractivity contribution is 5.94. The first-order valence-corrected chi connectivity index (χ1v) is 8.34. The van der Waals surface area contributed by atoms with Crippen molar-refractivity contribution in [2.24, 2.45) is 0 Å². The SMILES string of the molecule is O=C(NCCC1=CCCCC1)c1ccc(Cn2cccn2)cc1. The molecule has 0 aliphatic heterocycles. The third-order valence-electron chi connectivity index (χ3n) is 4.24. The molecule has 4 heteroatoms. The molecule has 0 saturated heterocycles. The molecule has 0 saturated carbocycles. The van der Waals surface area contributed by atoms with Gasteiger partial charge in [0.05, 0.1) is 6.54 Å². The van der Waals surface area contributed by atoms with Crippen molar-refractivity contribution in [1.29, 1.82) is 0 Å². The maximum absolute atomic E-state index is 12.2. The summed E-state index contributed by atoms with van der Waals surface area (Å²) < 4.78 is 1.87. The van der Waals surface area contributed by atoms with E-state index in [1.807, 2.05) is 41.2 Å². The molecule has 1 aromatic heterocycles. The number of aromatic nitrogens is 2. The molecule has 1 heterocycles. The second-order valence-corrected chi connectivity index (χ2v) is 6.01. The fourth-order valence-corrected chi connectivity index (χ4v) is 2.91. The van der Waals surface area contributed by atoms with Crippen LogP contribution in [0.1, 0.15) is 48.0 Å². The predicted molar refractivity (Wildman–Crippen MR) is 91.3 cm³/mol. The molecule has 1 N–H and O–H groups in total. The Morgan fingerprint density at radius 3 is 2.78 bits per heavy atom. The number of carbonyl (C=O) groups excluding carboxylic acids is 1. The normalized spacial score (nSPS) is 14.3. The van der Waals surface area contributed by atoms with Crippen LogP contribution in [-0.4, -0.2) is 22.2 Å². The van der Waals surface area contributed by atoms with E-state index in [0.29, 0.717) is 5.56 Å². The lowest BCUT2D eigenvalue weighted by Crippen LogP contribution is -2.24. The Hall–Kier alpha value is -2.36. The van der Waals surface area contributed by atoms with Gasteiger partial charge in [-0.3, -0.25) is 9.48 Å². The van der Waals surface area contributed by atoms with E-state index in [-0.39, 0.29) is 5.91 Å². The van der Waals surface area contributed by atoms with Crippen LogP contribution in [0.15, 0.2) is 54.4 Å². The van der Waals surface area contributed by atoms with Gasteiger partial charge in [-0.1, -0.05) is 23.8 Å². The largest absolute Gasteiger partial charge is 0.352 e. The van der Waals surface area contributed by atoms with E-state index in [4.69, 9.17) is 0 Å². The second-order valence-electron chi connectivity index (χ2n) is 6.01. The Morgan fingerprint density at radius 2 is 2.09 bits per heavy atom. The second kappa shape index (κ2) is 7.77. The van der Waals surface area contributed by atoms with Crippen LogP contribution < -0.4 is 5.32 Å². The predicted octanol–water partition coefficient (Wildman–Crippen LogP) is 3.55. The maximum atomic E-state index is 12.2. The first-order valence-electron chi connectivity index (χ1n) is 8.34. The van der Waals surface area contributed by atoms with Gasteiger partial charge < -0.3 is 5.32 Å². The van der Waals surface area contributed by atoms with Crippen molar-refractivity contribution >= 4 is 5.91 Å². The molecule has 0 atom stereocenters. The molecule has 1 aliphatic rings. The van der Waals surface area contributed by atoms with Crippen molar-refractivity contribution < 1.29 is 4.79 Å². The number of carbonyl (C=O) groups is 1. The molecule has 23 heavy (non-hydrogen) atoms. The summed E-state index contributed by atoms with van der Waals surface area (Å²) in [4.78, 5) is 12.2. The molecule has 0 unspecified atom stereocenters. The van der Waals surface area contributed by atoms with Gasteiger partial charge in [-0.05, 0) is 55.9 Å². The molecular formula is C19H23N3O. The summed E-state index contributed by atoms with van der Waals surface area (Å²) in [5.74, 6) is 0.00653. The number of hydrogen-bond acceptors (Lipinski definition) is 2. The maximum Gasteiger partial charge on any atom is 0.251 e. The first kappa shape index (κ1) is 15.5. The van der Waals surface area contributed by atoms with Crippen molar-refractivity contribution in [2.45, 2.75) is 38.6 Å². The Kier molecular flexibility index (Phi) is 5.25. The van der Waals surface area contributed by atoms with Gasteiger partial charge in [-0.25, -0.2) is 0 Å². The minimum atomic E-state index is 0.00653. The van der Waals surface area contributed by atoms with E-state index in [1.165, 1.54) is 31.3 Å². The first-order chi connectivity index (χ1) is 11.3. The number of amides is 1. The fourth-order valence-electron chi connectivity index (χ4n) is 2.91. The molecular weight excluding hydrogens is 286 g/mol. The molecule has 1 aliphatic carbocycles. The topological polar surface area (TPSA) is 46.9 Å². The molecule has 2 aromatic rings. The molecule has 0 bridgehead atoms. The van der Waals surface area contributed by atoms with E-state index in [0.717, 1.165) is 25.1 Å². The molecule has 120 valence electrons. The van der Waals surface area contributed by atoms with E-state index < -0.39 is 0 Å². The minimum absolute atomic E-state index is 0.00653. The Balaban J connectivity index is 1.48. The van der Waals surface area contributed by atoms with Gasteiger partial charge in [0, 0.05) is 24.5 Å². The van der Waals surface area contributed by atoms with Crippen LogP contribution in [0.3, 0.4) is 0 Å². The van der Waals surface area contributed by atoms with Gasteiger partial charge in [0.2, 0.25) is 0 Å². The van der Waals surface area contributed by atoms with Crippen LogP contribution >= 0.6 is 0 Å². The molecule has 0 fully saturated rings. The Bertz CT molecular complexity index is 656. The summed E-state index contributed by atoms with van der Waals surface area (Å²) in [6, 6.07) is 9.65. The third-order valence-corrected chi connectivity index (χ3v) is 4.24. The van der Waals surface area contributed by atoms with Crippen molar-refractivity contribution in [2.75, 3.05) is 6.54 Å². The quantitative estimate of drug-likeness (QED) is 0.830. The smallest absolute Gasteiger partial charge is 0.251 e. The van der Waals surface area contributed by atoms with Crippen LogP contribution in [0.2, 0.25) is 0 Å². The number of allylic oxidation sites excluding steroid dienone is 1. The molecule has 4 nitrogen and oxygen atoms in total. The van der Waals surface area contributed by atoms with E-state index in [1.54, 1.807) is 6.20 Å². The molecule has 0 radical (unpaired) electrons. The number of benzene rings is 1. The van der Waals surface area contributed by atoms with Gasteiger partial charge in [-0.2, -0.15) is 5.10 Å². The van der Waals surface area contributed by atoms with Crippen molar-refractivity contribution in [1.82, 2.24) is 15.1 Å². The third kappa shape index (κ3) is 4.55. The van der Waals surface area contributed by atoms with Crippen molar-refractivity contribution in [3.63, 3.8) is 0 Å². The average Bonchev–Trinajstić information content (AvgIpc) is 3.09. The van der Waals surface area contributed by atoms with Crippen molar-refractivity contribution in [3.05, 3.63) is 65.5 Å². The molecule has 0 spiro atoms. The number of nitrogens with zero attached hydrogens (tertiary/aromatic N) is 2. The highest BCUT2D eigenvalue weighted by Crippen LogP contribution is 2.19. The van der Waals surface area contributed by atoms with Crippen LogP contribution in [0.4, 0.5) is 0 Å². The molecule has 1 aromatic carbocycles. The van der Waals surface area contributed by atoms with Gasteiger partial charge in [-0.15, -0.1) is 0 Å². The molecule has 3 rings (SSSR count). The lowest BCUT2D eigenvalue weighted by Gasteiger charge is -2.13. The highest BCUT2D eigenvalue weighted by atomic mass is 16.1. The van der Waals surface area contributed by atoms with Gasteiger partial charge in [0.15, 0.2) is 0 Å². The Labute approximate surface area is 137 Å². The highest BCUT2D eigenvalue weighted by Gasteiger charge is 2.07. The summed E-state index contributed by atoms with van der Waals surface area (Å²) in [6.07, 6.45) is 12.0. The monoisotopic (exact) mass is 309 g/mol. The Morgan fingerprint density at radius 1 is 1.22 bits per heavy atom. The lowest BCUT2D eigenvalue weighted by molar-refractivity contribution is 0.0954. The van der Waals surface area contributed by atoms with Crippen LogP contribution in [0, 0.1) is 0 Å². The van der Waals surface area contributed by atoms with Gasteiger partial charge >= 0.3 is 0 Å². The number of nitrogens with one attached hydrogen (secondary N) is 1. The summed E-state index contributed by atoms with van der Waals surface area (Å²) >= 11 is 0. The molecule has 1 amide bonds. The van der Waals surface area contributed by atoms with E-state index >= 15 is 0 Å². The zero-order valence-electron chi connectivity index (χ0n) is 13.4. The van der Waals surface area contributed by atoms with Gasteiger partial charge in [0.25, 0.3) is 5.91 Å². The number of rotatable bonds is 6. The summed E-state index contributed by atoms with van der Waals surface area (Å²) in [7, 11) is 0. The van der Waals surface area contributed by atoms with E-state index in [9.17, 15) is 4.79 Å². The summed E-state index contributed by atoms with van der Waals surface area (Å²) in [6.45, 7) is 1.45. The fraction of sp³-hybridized carbons (Fsp3) is 0.368. The van der Waals surface area contributed by atoms with Gasteiger partial charge in [0.1, 0.15) is 0 Å². The number of hydrogen-bond donors (Lipinski definition) is 1. The minimum Gasteiger partial charge on any atom is -0.352 e. The summed E-state index contributed by atoms with van der Waals surface area (Å²) in [5, 5.41) is 7.20. The van der Waals surface area contributed by atoms with E-state index in [2.05, 4.69) is 16.5 Å². The van der Waals surface area contributed by atoms with Crippen molar-refractivity contribution in [3.8, 4) is 0 Å². The van der Waals surface area contributed by atoms with Crippen LogP contribution in [-0.2, 0) is 6.54 Å². The standard InChI is InChI=1S/C19H23N3O/c23-19(20-13-11-16-5-2-1-3-6-16)18-9-7-17(8-10-18)15-22-14-4-12-21-22/h4-5,7-10,12,14H,1-3,6,11,13,15H2,(H,20,23).